The monoisotopic (exact) mass is 293 g/mol. The van der Waals surface area contributed by atoms with E-state index in [1.807, 2.05) is 0 Å². The highest BCUT2D eigenvalue weighted by atomic mass is 32.2. The third kappa shape index (κ3) is 4.42. The van der Waals surface area contributed by atoms with Gasteiger partial charge in [0, 0.05) is 6.04 Å². The smallest absolute Gasteiger partial charge is 0.119 e. The van der Waals surface area contributed by atoms with Crippen molar-refractivity contribution in [1.82, 2.24) is 5.32 Å². The Labute approximate surface area is 127 Å². The molecule has 2 unspecified atom stereocenters. The molecule has 0 bridgehead atoms. The Hall–Kier alpha value is -0.670. The lowest BCUT2D eigenvalue weighted by atomic mass is 9.92. The molecule has 1 aliphatic rings. The molecule has 1 saturated heterocycles. The molecule has 1 aromatic carbocycles. The lowest BCUT2D eigenvalue weighted by Gasteiger charge is -2.25. The Bertz CT molecular complexity index is 384. The van der Waals surface area contributed by atoms with Gasteiger partial charge in [0.2, 0.25) is 0 Å². The van der Waals surface area contributed by atoms with Gasteiger partial charge in [0.15, 0.2) is 0 Å². The maximum absolute atomic E-state index is 5.73. The van der Waals surface area contributed by atoms with Gasteiger partial charge in [-0.15, -0.1) is 0 Å². The fourth-order valence-electron chi connectivity index (χ4n) is 2.70. The summed E-state index contributed by atoms with van der Waals surface area (Å²) in [7, 11) is 0. The second-order valence-electron chi connectivity index (χ2n) is 5.79. The first-order valence-electron chi connectivity index (χ1n) is 7.78. The minimum absolute atomic E-state index is 0.237. The maximum atomic E-state index is 5.73. The van der Waals surface area contributed by atoms with Gasteiger partial charge < -0.3 is 10.1 Å². The Morgan fingerprint density at radius 1 is 1.30 bits per heavy atom. The largest absolute Gasteiger partial charge is 0.491 e. The van der Waals surface area contributed by atoms with Crippen LogP contribution in [0.4, 0.5) is 0 Å². The van der Waals surface area contributed by atoms with Gasteiger partial charge in [-0.05, 0) is 68.4 Å². The molecule has 3 heteroatoms. The van der Waals surface area contributed by atoms with Gasteiger partial charge in [-0.1, -0.05) is 19.1 Å². The van der Waals surface area contributed by atoms with Crippen LogP contribution in [0.5, 0.6) is 5.75 Å². The zero-order chi connectivity index (χ0) is 14.4. The van der Waals surface area contributed by atoms with Gasteiger partial charge in [-0.2, -0.15) is 11.8 Å². The molecule has 1 heterocycles. The molecule has 2 rings (SSSR count). The lowest BCUT2D eigenvalue weighted by Crippen LogP contribution is -2.29. The quantitative estimate of drug-likeness (QED) is 0.811. The zero-order valence-corrected chi connectivity index (χ0v) is 13.7. The second-order valence-corrected chi connectivity index (χ2v) is 6.94. The minimum atomic E-state index is 0.237. The average Bonchev–Trinajstić information content (AvgIpc) is 2.94. The van der Waals surface area contributed by atoms with Crippen LogP contribution in [0.25, 0.3) is 0 Å². The van der Waals surface area contributed by atoms with E-state index in [-0.39, 0.29) is 6.10 Å². The summed E-state index contributed by atoms with van der Waals surface area (Å²) in [4.78, 5) is 0. The third-order valence-electron chi connectivity index (χ3n) is 3.66. The van der Waals surface area contributed by atoms with E-state index in [1.165, 1.54) is 29.9 Å². The third-order valence-corrected chi connectivity index (χ3v) is 4.85. The molecule has 1 aromatic rings. The summed E-state index contributed by atoms with van der Waals surface area (Å²) in [6.45, 7) is 7.45. The van der Waals surface area contributed by atoms with Gasteiger partial charge in [0.25, 0.3) is 0 Å². The normalized spacial score (nSPS) is 20.3. The van der Waals surface area contributed by atoms with Crippen molar-refractivity contribution < 1.29 is 4.74 Å². The first kappa shape index (κ1) is 15.7. The highest BCUT2D eigenvalue weighted by Gasteiger charge is 2.26. The molecule has 112 valence electrons. The van der Waals surface area contributed by atoms with Crippen LogP contribution in [0.2, 0.25) is 0 Å². The number of ether oxygens (including phenoxy) is 1. The van der Waals surface area contributed by atoms with Gasteiger partial charge >= 0.3 is 0 Å². The number of hydrogen-bond acceptors (Lipinski definition) is 3. The molecule has 0 radical (unpaired) electrons. The minimum Gasteiger partial charge on any atom is -0.491 e. The van der Waals surface area contributed by atoms with Crippen LogP contribution in [0, 0.1) is 5.92 Å². The number of thioether (sulfide) groups is 1. The first-order valence-corrected chi connectivity index (χ1v) is 8.94. The van der Waals surface area contributed by atoms with Gasteiger partial charge in [-0.3, -0.25) is 0 Å². The van der Waals surface area contributed by atoms with Crippen molar-refractivity contribution in [1.29, 1.82) is 0 Å². The van der Waals surface area contributed by atoms with Crippen LogP contribution < -0.4 is 10.1 Å². The van der Waals surface area contributed by atoms with Gasteiger partial charge in [0.1, 0.15) is 5.75 Å². The standard InChI is InChI=1S/C17H27NOS/c1-4-10-18-17(15-9-11-20-12-15)14-5-7-16(8-6-14)19-13(2)3/h5-8,13,15,17-18H,4,9-12H2,1-3H3. The van der Waals surface area contributed by atoms with Crippen molar-refractivity contribution >= 4 is 11.8 Å². The van der Waals surface area contributed by atoms with Crippen LogP contribution in [0.15, 0.2) is 24.3 Å². The molecule has 1 aliphatic heterocycles. The highest BCUT2D eigenvalue weighted by Crippen LogP contribution is 2.34. The fraction of sp³-hybridized carbons (Fsp3) is 0.647. The van der Waals surface area contributed by atoms with E-state index in [1.54, 1.807) is 0 Å². The molecule has 0 amide bonds. The molecule has 1 fully saturated rings. The van der Waals surface area contributed by atoms with Crippen LogP contribution in [0.1, 0.15) is 45.2 Å². The molecule has 0 aromatic heterocycles. The van der Waals surface area contributed by atoms with Crippen molar-refractivity contribution in [2.75, 3.05) is 18.1 Å². The molecule has 2 nitrogen and oxygen atoms in total. The van der Waals surface area contributed by atoms with E-state index in [0.29, 0.717) is 6.04 Å². The number of benzene rings is 1. The van der Waals surface area contributed by atoms with E-state index < -0.39 is 0 Å². The Kier molecular flexibility index (Phi) is 6.24. The molecule has 0 saturated carbocycles. The molecular weight excluding hydrogens is 266 g/mol. The lowest BCUT2D eigenvalue weighted by molar-refractivity contribution is 0.242. The van der Waals surface area contributed by atoms with E-state index in [2.05, 4.69) is 62.1 Å². The summed E-state index contributed by atoms with van der Waals surface area (Å²) in [6.07, 6.45) is 2.75. The molecular formula is C17H27NOS. The van der Waals surface area contributed by atoms with Gasteiger partial charge in [0.05, 0.1) is 6.10 Å². The first-order chi connectivity index (χ1) is 9.70. The van der Waals surface area contributed by atoms with Crippen molar-refractivity contribution in [2.45, 2.75) is 45.8 Å². The van der Waals surface area contributed by atoms with Crippen LogP contribution in [-0.4, -0.2) is 24.2 Å². The van der Waals surface area contributed by atoms with Crippen molar-refractivity contribution in [3.8, 4) is 5.75 Å². The number of hydrogen-bond donors (Lipinski definition) is 1. The number of nitrogens with one attached hydrogen (secondary N) is 1. The van der Waals surface area contributed by atoms with Crippen LogP contribution in [0.3, 0.4) is 0 Å². The Balaban J connectivity index is 2.06. The van der Waals surface area contributed by atoms with E-state index in [9.17, 15) is 0 Å². The zero-order valence-electron chi connectivity index (χ0n) is 12.9. The van der Waals surface area contributed by atoms with Gasteiger partial charge in [-0.25, -0.2) is 0 Å². The SMILES string of the molecule is CCCNC(c1ccc(OC(C)C)cc1)C1CCSC1. The fourth-order valence-corrected chi connectivity index (χ4v) is 4.00. The second kappa shape index (κ2) is 7.94. The van der Waals surface area contributed by atoms with E-state index in [4.69, 9.17) is 4.74 Å². The summed E-state index contributed by atoms with van der Waals surface area (Å²) in [6, 6.07) is 9.18. The summed E-state index contributed by atoms with van der Waals surface area (Å²) in [5.41, 5.74) is 1.40. The number of rotatable bonds is 7. The Morgan fingerprint density at radius 3 is 2.60 bits per heavy atom. The van der Waals surface area contributed by atoms with Crippen LogP contribution >= 0.6 is 11.8 Å². The summed E-state index contributed by atoms with van der Waals surface area (Å²) in [5.74, 6) is 4.33. The topological polar surface area (TPSA) is 21.3 Å². The summed E-state index contributed by atoms with van der Waals surface area (Å²) < 4.78 is 5.73. The predicted octanol–water partition coefficient (Wildman–Crippen LogP) is 4.27. The summed E-state index contributed by atoms with van der Waals surface area (Å²) in [5, 5.41) is 3.73. The van der Waals surface area contributed by atoms with Crippen molar-refractivity contribution in [3.63, 3.8) is 0 Å². The van der Waals surface area contributed by atoms with Crippen LogP contribution in [-0.2, 0) is 0 Å². The Morgan fingerprint density at radius 2 is 2.05 bits per heavy atom. The maximum Gasteiger partial charge on any atom is 0.119 e. The molecule has 0 spiro atoms. The molecule has 20 heavy (non-hydrogen) atoms. The molecule has 1 N–H and O–H groups in total. The van der Waals surface area contributed by atoms with E-state index in [0.717, 1.165) is 18.2 Å². The average molecular weight is 293 g/mol. The molecule has 0 aliphatic carbocycles. The van der Waals surface area contributed by atoms with E-state index >= 15 is 0 Å². The highest BCUT2D eigenvalue weighted by molar-refractivity contribution is 7.99. The summed E-state index contributed by atoms with van der Waals surface area (Å²) >= 11 is 2.09. The van der Waals surface area contributed by atoms with Crippen molar-refractivity contribution in [2.24, 2.45) is 5.92 Å². The predicted molar refractivity (Wildman–Crippen MR) is 88.7 cm³/mol. The molecule has 2 atom stereocenters. The van der Waals surface area contributed by atoms with Crippen molar-refractivity contribution in [3.05, 3.63) is 29.8 Å².